The van der Waals surface area contributed by atoms with E-state index in [1.807, 2.05) is 31.7 Å². The minimum absolute atomic E-state index is 0.0627. The van der Waals surface area contributed by atoms with Gasteiger partial charge in [0.15, 0.2) is 0 Å². The van der Waals surface area contributed by atoms with Crippen molar-refractivity contribution in [2.75, 3.05) is 19.6 Å². The molecule has 0 spiro atoms. The normalized spacial score (nSPS) is 20.6. The second-order valence-electron chi connectivity index (χ2n) is 12.5. The molecule has 2 amide bonds. The van der Waals surface area contributed by atoms with Crippen LogP contribution in [0.2, 0.25) is 0 Å². The number of rotatable bonds is 5. The lowest BCUT2D eigenvalue weighted by atomic mass is 9.87. The molecule has 2 fully saturated rings. The van der Waals surface area contributed by atoms with E-state index in [9.17, 15) is 14.7 Å². The fourth-order valence-electron chi connectivity index (χ4n) is 6.04. The van der Waals surface area contributed by atoms with Crippen molar-refractivity contribution in [3.05, 3.63) is 71.4 Å². The first-order chi connectivity index (χ1) is 19.6. The molecule has 3 aromatic rings. The summed E-state index contributed by atoms with van der Waals surface area (Å²) >= 11 is 0. The Balaban J connectivity index is 1.38. The van der Waals surface area contributed by atoms with Crippen molar-refractivity contribution in [3.8, 4) is 0 Å². The lowest BCUT2D eigenvalue weighted by Gasteiger charge is -2.38. The number of amides is 2. The molecule has 2 aromatic carbocycles. The van der Waals surface area contributed by atoms with Crippen LogP contribution in [0, 0.1) is 5.92 Å². The van der Waals surface area contributed by atoms with Gasteiger partial charge in [-0.1, -0.05) is 54.6 Å². The quantitative estimate of drug-likeness (QED) is 0.365. The zero-order valence-corrected chi connectivity index (χ0v) is 24.6. The van der Waals surface area contributed by atoms with Crippen LogP contribution < -0.4 is 0 Å². The summed E-state index contributed by atoms with van der Waals surface area (Å²) in [5.41, 5.74) is 4.01. The van der Waals surface area contributed by atoms with Crippen LogP contribution in [0.15, 0.2) is 54.6 Å². The van der Waals surface area contributed by atoms with Gasteiger partial charge in [-0.25, -0.2) is 9.59 Å². The summed E-state index contributed by atoms with van der Waals surface area (Å²) < 4.78 is 7.78. The number of carbonyl (C=O) groups is 2. The third-order valence-electron chi connectivity index (χ3n) is 8.24. The average molecular weight is 559 g/mol. The van der Waals surface area contributed by atoms with Gasteiger partial charge in [-0.05, 0) is 76.5 Å². The highest BCUT2D eigenvalue weighted by Crippen LogP contribution is 2.36. The maximum absolute atomic E-state index is 12.8. The molecule has 2 saturated heterocycles. The molecule has 218 valence electrons. The van der Waals surface area contributed by atoms with Gasteiger partial charge in [-0.3, -0.25) is 4.68 Å². The topological polar surface area (TPSA) is 87.9 Å². The van der Waals surface area contributed by atoms with Crippen LogP contribution in [0.5, 0.6) is 0 Å². The maximum Gasteiger partial charge on any atom is 0.410 e. The molecule has 1 N–H and O–H groups in total. The zero-order chi connectivity index (χ0) is 29.1. The van der Waals surface area contributed by atoms with Crippen LogP contribution >= 0.6 is 0 Å². The number of carbonyl (C=O) groups excluding carboxylic acids is 1. The van der Waals surface area contributed by atoms with Crippen molar-refractivity contribution in [2.45, 2.75) is 77.5 Å². The Kier molecular flexibility index (Phi) is 8.38. The number of ether oxygens (including phenoxy) is 1. The van der Waals surface area contributed by atoms with E-state index in [1.165, 1.54) is 10.5 Å². The van der Waals surface area contributed by atoms with Crippen molar-refractivity contribution in [1.29, 1.82) is 0 Å². The molecule has 0 saturated carbocycles. The lowest BCUT2D eigenvalue weighted by Crippen LogP contribution is -2.46. The van der Waals surface area contributed by atoms with E-state index < -0.39 is 11.7 Å². The van der Waals surface area contributed by atoms with Gasteiger partial charge in [0.1, 0.15) is 5.60 Å². The third-order valence-corrected chi connectivity index (χ3v) is 8.24. The molecule has 5 rings (SSSR count). The van der Waals surface area contributed by atoms with Crippen LogP contribution in [-0.4, -0.2) is 68.2 Å². The Labute approximate surface area is 242 Å². The van der Waals surface area contributed by atoms with Gasteiger partial charge in [-0.15, -0.1) is 0 Å². The van der Waals surface area contributed by atoms with E-state index in [-0.39, 0.29) is 18.1 Å². The van der Waals surface area contributed by atoms with Crippen LogP contribution in [0.1, 0.15) is 76.1 Å². The van der Waals surface area contributed by atoms with E-state index in [0.717, 1.165) is 47.8 Å². The molecular formula is C33H42N4O4. The van der Waals surface area contributed by atoms with E-state index in [2.05, 4.69) is 66.2 Å². The molecule has 3 heterocycles. The molecule has 1 aromatic heterocycles. The molecule has 2 aliphatic heterocycles. The molecule has 2 aliphatic rings. The minimum atomic E-state index is -0.828. The number of fused-ring (bicyclic) bond motifs is 1. The van der Waals surface area contributed by atoms with Gasteiger partial charge >= 0.3 is 12.2 Å². The molecule has 8 nitrogen and oxygen atoms in total. The first kappa shape index (κ1) is 28.7. The summed E-state index contributed by atoms with van der Waals surface area (Å²) in [5, 5.41) is 15.6. The van der Waals surface area contributed by atoms with Crippen LogP contribution in [0.3, 0.4) is 0 Å². The fourth-order valence-corrected chi connectivity index (χ4v) is 6.04. The Hall–Kier alpha value is -3.81. The second-order valence-corrected chi connectivity index (χ2v) is 12.5. The largest absolute Gasteiger partial charge is 0.465 e. The molecule has 2 atom stereocenters. The summed E-state index contributed by atoms with van der Waals surface area (Å²) in [6.45, 7) is 10.3. The monoisotopic (exact) mass is 558 g/mol. The standard InChI is InChI=1S/C33H42N4O4/c1-23-20-27(16-19-36(23)32(40)41-33(2,3)4)30-28-13-12-25(11-10-24-14-17-35(18-15-24)31(38)39)21-29(28)37(34-30)22-26-8-6-5-7-9-26/h5-13,21,23-24,27H,14-20,22H2,1-4H3,(H,38,39)/b11-10+. The Bertz CT molecular complexity index is 1400. The summed E-state index contributed by atoms with van der Waals surface area (Å²) in [5.74, 6) is 0.631. The summed E-state index contributed by atoms with van der Waals surface area (Å²) in [6.07, 6.45) is 6.71. The lowest BCUT2D eigenvalue weighted by molar-refractivity contribution is 0.0102. The van der Waals surface area contributed by atoms with Crippen molar-refractivity contribution >= 4 is 29.2 Å². The minimum Gasteiger partial charge on any atom is -0.465 e. The second kappa shape index (κ2) is 12.0. The van der Waals surface area contributed by atoms with Gasteiger partial charge in [-0.2, -0.15) is 5.10 Å². The van der Waals surface area contributed by atoms with Gasteiger partial charge in [0.2, 0.25) is 0 Å². The summed E-state index contributed by atoms with van der Waals surface area (Å²) in [6, 6.07) is 17.0. The number of nitrogens with zero attached hydrogens (tertiary/aromatic N) is 4. The molecular weight excluding hydrogens is 516 g/mol. The van der Waals surface area contributed by atoms with Gasteiger partial charge < -0.3 is 19.6 Å². The Morgan fingerprint density at radius 2 is 1.78 bits per heavy atom. The number of aromatic nitrogens is 2. The molecule has 8 heteroatoms. The number of hydrogen-bond donors (Lipinski definition) is 1. The smallest absolute Gasteiger partial charge is 0.410 e. The van der Waals surface area contributed by atoms with E-state index >= 15 is 0 Å². The first-order valence-corrected chi connectivity index (χ1v) is 14.8. The van der Waals surface area contributed by atoms with Crippen LogP contribution in [0.25, 0.3) is 17.0 Å². The van der Waals surface area contributed by atoms with Crippen molar-refractivity contribution in [3.63, 3.8) is 0 Å². The van der Waals surface area contributed by atoms with Crippen LogP contribution in [-0.2, 0) is 11.3 Å². The Morgan fingerprint density at radius 3 is 2.44 bits per heavy atom. The Morgan fingerprint density at radius 1 is 1.05 bits per heavy atom. The molecule has 0 aliphatic carbocycles. The molecule has 0 radical (unpaired) electrons. The van der Waals surface area contributed by atoms with Crippen molar-refractivity contribution in [2.24, 2.45) is 5.92 Å². The number of carboxylic acid groups (broad SMARTS) is 1. The summed E-state index contributed by atoms with van der Waals surface area (Å²) in [7, 11) is 0. The number of hydrogen-bond acceptors (Lipinski definition) is 4. The van der Waals surface area contributed by atoms with E-state index in [0.29, 0.717) is 32.1 Å². The predicted molar refractivity (Wildman–Crippen MR) is 161 cm³/mol. The average Bonchev–Trinajstić information content (AvgIpc) is 3.29. The SMILES string of the molecule is CC1CC(c2nn(Cc3ccccc3)c3cc(/C=C/C4CCN(C(=O)O)CC4)ccc23)CCN1C(=O)OC(C)(C)C. The third kappa shape index (κ3) is 6.92. The number of likely N-dealkylation sites (tertiary alicyclic amines) is 2. The van der Waals surface area contributed by atoms with Gasteiger partial charge in [0, 0.05) is 37.0 Å². The predicted octanol–water partition coefficient (Wildman–Crippen LogP) is 6.99. The van der Waals surface area contributed by atoms with Crippen molar-refractivity contribution in [1.82, 2.24) is 19.6 Å². The van der Waals surface area contributed by atoms with Gasteiger partial charge in [0.25, 0.3) is 0 Å². The summed E-state index contributed by atoms with van der Waals surface area (Å²) in [4.78, 5) is 27.4. The van der Waals surface area contributed by atoms with E-state index in [1.54, 1.807) is 0 Å². The highest BCUT2D eigenvalue weighted by atomic mass is 16.6. The molecule has 41 heavy (non-hydrogen) atoms. The van der Waals surface area contributed by atoms with Crippen LogP contribution in [0.4, 0.5) is 9.59 Å². The van der Waals surface area contributed by atoms with E-state index in [4.69, 9.17) is 9.84 Å². The number of allylic oxidation sites excluding steroid dienone is 1. The molecule has 2 unspecified atom stereocenters. The zero-order valence-electron chi connectivity index (χ0n) is 24.6. The molecule has 0 bridgehead atoms. The highest BCUT2D eigenvalue weighted by Gasteiger charge is 2.34. The first-order valence-electron chi connectivity index (χ1n) is 14.8. The highest BCUT2D eigenvalue weighted by molar-refractivity contribution is 5.85. The number of piperidine rings is 2. The number of benzene rings is 2. The van der Waals surface area contributed by atoms with Gasteiger partial charge in [0.05, 0.1) is 17.8 Å². The maximum atomic E-state index is 12.8. The fraction of sp³-hybridized carbons (Fsp3) is 0.485. The van der Waals surface area contributed by atoms with Crippen molar-refractivity contribution < 1.29 is 19.4 Å².